The summed E-state index contributed by atoms with van der Waals surface area (Å²) in [5.74, 6) is 0.975. The van der Waals surface area contributed by atoms with Crippen LogP contribution in [0.4, 0.5) is 0 Å². The van der Waals surface area contributed by atoms with Crippen LogP contribution in [-0.2, 0) is 21.8 Å². The first kappa shape index (κ1) is 18.6. The lowest BCUT2D eigenvalue weighted by Gasteiger charge is -2.32. The molecule has 10 heteroatoms. The van der Waals surface area contributed by atoms with Crippen LogP contribution in [0.5, 0.6) is 0 Å². The third-order valence-electron chi connectivity index (χ3n) is 5.30. The van der Waals surface area contributed by atoms with Crippen LogP contribution in [0.3, 0.4) is 0 Å². The zero-order valence-electron chi connectivity index (χ0n) is 15.7. The number of hydrogen-bond donors (Lipinski definition) is 0. The highest BCUT2D eigenvalue weighted by atomic mass is 32.2. The fourth-order valence-electron chi connectivity index (χ4n) is 3.95. The SMILES string of the molecule is Cc1noc(C2CCCCN2S(=O)(=O)c2cn(C)nc2C2CCOCC2)n1. The van der Waals surface area contributed by atoms with Gasteiger partial charge in [-0.1, -0.05) is 11.6 Å². The number of aromatic nitrogens is 4. The zero-order chi connectivity index (χ0) is 19.0. The molecule has 0 radical (unpaired) electrons. The Balaban J connectivity index is 1.71. The molecule has 2 aromatic rings. The lowest BCUT2D eigenvalue weighted by Crippen LogP contribution is -2.39. The molecule has 0 amide bonds. The van der Waals surface area contributed by atoms with Crippen LogP contribution in [0.25, 0.3) is 0 Å². The summed E-state index contributed by atoms with van der Waals surface area (Å²) in [5, 5.41) is 8.34. The molecule has 0 aromatic carbocycles. The Bertz CT molecular complexity index is 900. The van der Waals surface area contributed by atoms with Gasteiger partial charge in [-0.05, 0) is 32.6 Å². The first-order valence-electron chi connectivity index (χ1n) is 9.40. The number of sulfonamides is 1. The first-order valence-corrected chi connectivity index (χ1v) is 10.8. The largest absolute Gasteiger partial charge is 0.381 e. The predicted molar refractivity (Wildman–Crippen MR) is 95.5 cm³/mol. The van der Waals surface area contributed by atoms with Gasteiger partial charge in [-0.15, -0.1) is 0 Å². The van der Waals surface area contributed by atoms with E-state index in [0.29, 0.717) is 48.5 Å². The molecule has 9 nitrogen and oxygen atoms in total. The fourth-order valence-corrected chi connectivity index (χ4v) is 5.86. The molecule has 4 rings (SSSR count). The average molecular weight is 395 g/mol. The summed E-state index contributed by atoms with van der Waals surface area (Å²) >= 11 is 0. The Labute approximate surface area is 158 Å². The maximum atomic E-state index is 13.6. The summed E-state index contributed by atoms with van der Waals surface area (Å²) in [6.07, 6.45) is 5.60. The van der Waals surface area contributed by atoms with Crippen LogP contribution >= 0.6 is 0 Å². The lowest BCUT2D eigenvalue weighted by atomic mass is 9.97. The highest BCUT2D eigenvalue weighted by Gasteiger charge is 2.40. The molecule has 0 saturated carbocycles. The van der Waals surface area contributed by atoms with E-state index in [0.717, 1.165) is 25.7 Å². The summed E-state index contributed by atoms with van der Waals surface area (Å²) in [5.41, 5.74) is 0.645. The quantitative estimate of drug-likeness (QED) is 0.779. The molecule has 1 unspecified atom stereocenters. The fraction of sp³-hybridized carbons (Fsp3) is 0.706. The molecule has 27 heavy (non-hydrogen) atoms. The third-order valence-corrected chi connectivity index (χ3v) is 7.22. The van der Waals surface area contributed by atoms with Crippen molar-refractivity contribution in [1.29, 1.82) is 0 Å². The average Bonchev–Trinajstić information content (AvgIpc) is 3.28. The van der Waals surface area contributed by atoms with Crippen molar-refractivity contribution in [3.63, 3.8) is 0 Å². The monoisotopic (exact) mass is 395 g/mol. The van der Waals surface area contributed by atoms with E-state index in [1.165, 1.54) is 4.31 Å². The van der Waals surface area contributed by atoms with E-state index in [-0.39, 0.29) is 5.92 Å². The number of nitrogens with zero attached hydrogens (tertiary/aromatic N) is 5. The van der Waals surface area contributed by atoms with Gasteiger partial charge in [0.15, 0.2) is 5.82 Å². The summed E-state index contributed by atoms with van der Waals surface area (Å²) in [6, 6.07) is -0.423. The van der Waals surface area contributed by atoms with Gasteiger partial charge in [0.05, 0.1) is 5.69 Å². The Morgan fingerprint density at radius 3 is 2.67 bits per heavy atom. The van der Waals surface area contributed by atoms with E-state index in [4.69, 9.17) is 9.26 Å². The van der Waals surface area contributed by atoms with Gasteiger partial charge in [-0.2, -0.15) is 14.4 Å². The number of hydrogen-bond acceptors (Lipinski definition) is 7. The van der Waals surface area contributed by atoms with E-state index in [2.05, 4.69) is 15.2 Å². The minimum Gasteiger partial charge on any atom is -0.381 e. The highest BCUT2D eigenvalue weighted by molar-refractivity contribution is 7.89. The van der Waals surface area contributed by atoms with Gasteiger partial charge >= 0.3 is 0 Å². The van der Waals surface area contributed by atoms with E-state index in [1.807, 2.05) is 0 Å². The van der Waals surface area contributed by atoms with Crippen molar-refractivity contribution in [2.24, 2.45) is 7.05 Å². The van der Waals surface area contributed by atoms with Crippen molar-refractivity contribution >= 4 is 10.0 Å². The zero-order valence-corrected chi connectivity index (χ0v) is 16.5. The Morgan fingerprint density at radius 2 is 1.96 bits per heavy atom. The molecule has 0 aliphatic carbocycles. The van der Waals surface area contributed by atoms with Gasteiger partial charge in [-0.3, -0.25) is 4.68 Å². The number of rotatable bonds is 4. The van der Waals surface area contributed by atoms with Crippen molar-refractivity contribution in [1.82, 2.24) is 24.2 Å². The van der Waals surface area contributed by atoms with E-state index < -0.39 is 16.1 Å². The molecule has 2 aliphatic rings. The van der Waals surface area contributed by atoms with Crippen LogP contribution in [0, 0.1) is 6.92 Å². The Kier molecular flexibility index (Phi) is 5.04. The maximum absolute atomic E-state index is 13.6. The summed E-state index contributed by atoms with van der Waals surface area (Å²) in [7, 11) is -1.97. The van der Waals surface area contributed by atoms with Crippen LogP contribution in [0.1, 0.15) is 61.5 Å². The number of piperidine rings is 1. The van der Waals surface area contributed by atoms with E-state index >= 15 is 0 Å². The van der Waals surface area contributed by atoms with Crippen molar-refractivity contribution in [2.75, 3.05) is 19.8 Å². The molecule has 148 valence electrons. The van der Waals surface area contributed by atoms with Gasteiger partial charge in [0.1, 0.15) is 10.9 Å². The van der Waals surface area contributed by atoms with Gasteiger partial charge in [-0.25, -0.2) is 8.42 Å². The van der Waals surface area contributed by atoms with E-state index in [1.54, 1.807) is 24.9 Å². The molecule has 2 aliphatic heterocycles. The minimum absolute atomic E-state index is 0.0959. The van der Waals surface area contributed by atoms with Crippen LogP contribution < -0.4 is 0 Å². The smallest absolute Gasteiger partial charge is 0.247 e. The van der Waals surface area contributed by atoms with Crippen molar-refractivity contribution in [3.8, 4) is 0 Å². The van der Waals surface area contributed by atoms with Crippen LogP contribution in [-0.4, -0.2) is 52.4 Å². The second-order valence-electron chi connectivity index (χ2n) is 7.25. The van der Waals surface area contributed by atoms with Gasteiger partial charge < -0.3 is 9.26 Å². The number of ether oxygens (including phenoxy) is 1. The highest BCUT2D eigenvalue weighted by Crippen LogP contribution is 2.38. The second kappa shape index (κ2) is 7.33. The number of aryl methyl sites for hydroxylation is 2. The molecular formula is C17H25N5O4S. The van der Waals surface area contributed by atoms with Gasteiger partial charge in [0.25, 0.3) is 0 Å². The summed E-state index contributed by atoms with van der Waals surface area (Å²) in [6.45, 7) is 3.44. The molecule has 4 heterocycles. The van der Waals surface area contributed by atoms with Gasteiger partial charge in [0, 0.05) is 38.9 Å². The standard InChI is InChI=1S/C17H25N5O4S/c1-12-18-17(26-20-12)14-5-3-4-8-22(14)27(23,24)15-11-21(2)19-16(15)13-6-9-25-10-7-13/h11,13-14H,3-10H2,1-2H3. The van der Waals surface area contributed by atoms with E-state index in [9.17, 15) is 8.42 Å². The molecule has 2 aromatic heterocycles. The van der Waals surface area contributed by atoms with Crippen molar-refractivity contribution in [3.05, 3.63) is 23.6 Å². The van der Waals surface area contributed by atoms with Crippen LogP contribution in [0.15, 0.2) is 15.6 Å². The van der Waals surface area contributed by atoms with Crippen molar-refractivity contribution in [2.45, 2.75) is 55.9 Å². The topological polar surface area (TPSA) is 103 Å². The van der Waals surface area contributed by atoms with Gasteiger partial charge in [0.2, 0.25) is 15.9 Å². The summed E-state index contributed by atoms with van der Waals surface area (Å²) in [4.78, 5) is 4.58. The normalized spacial score (nSPS) is 23.0. The molecular weight excluding hydrogens is 370 g/mol. The second-order valence-corrected chi connectivity index (χ2v) is 9.11. The molecule has 0 N–H and O–H groups in total. The minimum atomic E-state index is -3.73. The third kappa shape index (κ3) is 3.53. The molecule has 2 saturated heterocycles. The Morgan fingerprint density at radius 1 is 1.19 bits per heavy atom. The first-order chi connectivity index (χ1) is 13.0. The van der Waals surface area contributed by atoms with Crippen molar-refractivity contribution < 1.29 is 17.7 Å². The maximum Gasteiger partial charge on any atom is 0.247 e. The predicted octanol–water partition coefficient (Wildman–Crippen LogP) is 1.92. The Hall–Kier alpha value is -1.78. The van der Waals surface area contributed by atoms with Crippen LogP contribution in [0.2, 0.25) is 0 Å². The molecule has 0 bridgehead atoms. The molecule has 1 atom stereocenters. The lowest BCUT2D eigenvalue weighted by molar-refractivity contribution is 0.0838. The molecule has 0 spiro atoms. The summed E-state index contributed by atoms with van der Waals surface area (Å²) < 4.78 is 41.1. The molecule has 2 fully saturated rings.